The van der Waals surface area contributed by atoms with Crippen molar-refractivity contribution in [1.29, 1.82) is 0 Å². The molecule has 4 aromatic rings. The van der Waals surface area contributed by atoms with Crippen molar-refractivity contribution in [3.63, 3.8) is 0 Å². The highest BCUT2D eigenvalue weighted by atomic mass is 32.1. The molecule has 1 aliphatic rings. The van der Waals surface area contributed by atoms with Gasteiger partial charge in [-0.15, -0.1) is 11.3 Å². The van der Waals surface area contributed by atoms with Gasteiger partial charge in [0.1, 0.15) is 34.1 Å². The van der Waals surface area contributed by atoms with Crippen molar-refractivity contribution < 1.29 is 14.6 Å². The molecule has 3 heterocycles. The van der Waals surface area contributed by atoms with E-state index in [1.165, 1.54) is 0 Å². The van der Waals surface area contributed by atoms with E-state index >= 15 is 0 Å². The molecule has 7 heteroatoms. The van der Waals surface area contributed by atoms with Gasteiger partial charge in [0.2, 0.25) is 0 Å². The van der Waals surface area contributed by atoms with Crippen LogP contribution in [0.1, 0.15) is 23.1 Å². The Balaban J connectivity index is 1.68. The number of β-amino-alcohol motifs (C(OH)–C–C–N with tert-alkyl or cyclic N) is 1. The summed E-state index contributed by atoms with van der Waals surface area (Å²) in [4.78, 5) is 12.6. The fourth-order valence-corrected chi connectivity index (χ4v) is 5.31. The Morgan fingerprint density at radius 3 is 2.52 bits per heavy atom. The lowest BCUT2D eigenvalue weighted by atomic mass is 9.94. The van der Waals surface area contributed by atoms with Crippen LogP contribution in [-0.4, -0.2) is 35.8 Å². The van der Waals surface area contributed by atoms with Crippen LogP contribution < -0.4 is 14.4 Å². The first-order chi connectivity index (χ1) is 15.1. The molecule has 1 aliphatic heterocycles. The molecule has 158 valence electrons. The van der Waals surface area contributed by atoms with Gasteiger partial charge in [0, 0.05) is 28.6 Å². The molecule has 2 aromatic heterocycles. The van der Waals surface area contributed by atoms with Gasteiger partial charge in [-0.1, -0.05) is 30.3 Å². The lowest BCUT2D eigenvalue weighted by Crippen LogP contribution is -2.35. The minimum Gasteiger partial charge on any atom is -0.496 e. The summed E-state index contributed by atoms with van der Waals surface area (Å²) in [6.45, 7) is 2.87. The molecule has 1 N–H and O–H groups in total. The van der Waals surface area contributed by atoms with Gasteiger partial charge in [0.25, 0.3) is 0 Å². The van der Waals surface area contributed by atoms with Gasteiger partial charge in [-0.25, -0.2) is 9.97 Å². The van der Waals surface area contributed by atoms with Crippen molar-refractivity contribution in [1.82, 2.24) is 9.97 Å². The van der Waals surface area contributed by atoms with Gasteiger partial charge < -0.3 is 19.5 Å². The van der Waals surface area contributed by atoms with E-state index in [0.717, 1.165) is 44.0 Å². The molecule has 6 nitrogen and oxygen atoms in total. The maximum absolute atomic E-state index is 11.1. The van der Waals surface area contributed by atoms with Crippen molar-refractivity contribution in [3.8, 4) is 22.6 Å². The molecule has 31 heavy (non-hydrogen) atoms. The second-order valence-electron chi connectivity index (χ2n) is 7.55. The highest BCUT2D eigenvalue weighted by Crippen LogP contribution is 2.44. The Morgan fingerprint density at radius 2 is 1.77 bits per heavy atom. The predicted molar refractivity (Wildman–Crippen MR) is 123 cm³/mol. The van der Waals surface area contributed by atoms with Crippen LogP contribution in [0.3, 0.4) is 0 Å². The first-order valence-corrected chi connectivity index (χ1v) is 11.0. The van der Waals surface area contributed by atoms with Crippen LogP contribution in [0.4, 0.5) is 5.82 Å². The smallest absolute Gasteiger partial charge is 0.142 e. The molecule has 0 amide bonds. The van der Waals surface area contributed by atoms with Crippen molar-refractivity contribution in [2.45, 2.75) is 19.6 Å². The van der Waals surface area contributed by atoms with Gasteiger partial charge in [-0.05, 0) is 24.6 Å². The Labute approximate surface area is 184 Å². The molecule has 0 radical (unpaired) electrons. The molecule has 0 aliphatic carbocycles. The van der Waals surface area contributed by atoms with E-state index in [0.29, 0.717) is 24.7 Å². The number of aromatic nitrogens is 2. The van der Waals surface area contributed by atoms with Gasteiger partial charge in [-0.2, -0.15) is 0 Å². The third kappa shape index (κ3) is 3.30. The maximum Gasteiger partial charge on any atom is 0.142 e. The van der Waals surface area contributed by atoms with Crippen LogP contribution in [0.15, 0.2) is 47.8 Å². The highest BCUT2D eigenvalue weighted by Gasteiger charge is 2.32. The summed E-state index contributed by atoms with van der Waals surface area (Å²) in [5.74, 6) is 2.95. The van der Waals surface area contributed by atoms with Crippen molar-refractivity contribution in [3.05, 3.63) is 64.8 Å². The van der Waals surface area contributed by atoms with Gasteiger partial charge in [-0.3, -0.25) is 0 Å². The monoisotopic (exact) mass is 433 g/mol. The summed E-state index contributed by atoms with van der Waals surface area (Å²) >= 11 is 1.62. The average molecular weight is 434 g/mol. The fourth-order valence-electron chi connectivity index (χ4n) is 4.32. The first kappa shape index (κ1) is 19.8. The molecule has 5 rings (SSSR count). The molecule has 0 saturated carbocycles. The Hall–Kier alpha value is -3.16. The lowest BCUT2D eigenvalue weighted by molar-refractivity contribution is 0.169. The topological polar surface area (TPSA) is 67.7 Å². The van der Waals surface area contributed by atoms with Crippen LogP contribution >= 0.6 is 11.3 Å². The Kier molecular flexibility index (Phi) is 5.00. The number of fused-ring (bicyclic) bond motifs is 2. The summed E-state index contributed by atoms with van der Waals surface area (Å²) in [6.07, 6.45) is -0.724. The number of anilines is 1. The summed E-state index contributed by atoms with van der Waals surface area (Å²) in [5.41, 5.74) is 3.93. The minimum atomic E-state index is -0.724. The standard InChI is InChI=1S/C24H23N3O3S/c1-14-25-23(22-17(13-31-24(22)26-14)15-7-5-4-6-8-15)27-11-16-19(29-2)9-10-20(30-3)21(16)18(28)12-27/h4-10,13,18,28H,11-12H2,1-3H3. The molecule has 0 bridgehead atoms. The molecule has 0 spiro atoms. The zero-order valence-corrected chi connectivity index (χ0v) is 18.4. The summed E-state index contributed by atoms with van der Waals surface area (Å²) in [7, 11) is 3.27. The second-order valence-corrected chi connectivity index (χ2v) is 8.41. The van der Waals surface area contributed by atoms with E-state index in [2.05, 4.69) is 27.4 Å². The number of methoxy groups -OCH3 is 2. The minimum absolute atomic E-state index is 0.409. The molecule has 2 aromatic carbocycles. The van der Waals surface area contributed by atoms with Crippen LogP contribution in [0.5, 0.6) is 11.5 Å². The van der Waals surface area contributed by atoms with Crippen LogP contribution in [-0.2, 0) is 6.54 Å². The zero-order valence-electron chi connectivity index (χ0n) is 17.6. The van der Waals surface area contributed by atoms with Crippen LogP contribution in [0.25, 0.3) is 21.3 Å². The number of hydrogen-bond acceptors (Lipinski definition) is 7. The van der Waals surface area contributed by atoms with Crippen LogP contribution in [0, 0.1) is 6.92 Å². The Bertz CT molecular complexity index is 1260. The van der Waals surface area contributed by atoms with E-state index in [9.17, 15) is 5.11 Å². The Morgan fingerprint density at radius 1 is 1.03 bits per heavy atom. The summed E-state index contributed by atoms with van der Waals surface area (Å²) in [6, 6.07) is 14.0. The predicted octanol–water partition coefficient (Wildman–Crippen LogP) is 4.74. The quantitative estimate of drug-likeness (QED) is 0.502. The summed E-state index contributed by atoms with van der Waals surface area (Å²) in [5, 5.41) is 14.2. The number of aliphatic hydroxyl groups is 1. The molecule has 1 atom stereocenters. The van der Waals surface area contributed by atoms with E-state index < -0.39 is 6.10 Å². The highest BCUT2D eigenvalue weighted by molar-refractivity contribution is 7.17. The molecular formula is C24H23N3O3S. The lowest BCUT2D eigenvalue weighted by Gasteiger charge is -2.35. The molecular weight excluding hydrogens is 410 g/mol. The zero-order chi connectivity index (χ0) is 21.5. The van der Waals surface area contributed by atoms with Crippen molar-refractivity contribution >= 4 is 27.4 Å². The van der Waals surface area contributed by atoms with Crippen molar-refractivity contribution in [2.75, 3.05) is 25.7 Å². The normalized spacial score (nSPS) is 15.7. The van der Waals surface area contributed by atoms with E-state index in [1.54, 1.807) is 25.6 Å². The first-order valence-electron chi connectivity index (χ1n) is 10.1. The van der Waals surface area contributed by atoms with Gasteiger partial charge in [0.15, 0.2) is 0 Å². The third-order valence-electron chi connectivity index (χ3n) is 5.70. The van der Waals surface area contributed by atoms with E-state index in [-0.39, 0.29) is 0 Å². The van der Waals surface area contributed by atoms with Crippen LogP contribution in [0.2, 0.25) is 0 Å². The second kappa shape index (κ2) is 7.83. The number of hydrogen-bond donors (Lipinski definition) is 1. The van der Waals surface area contributed by atoms with E-state index in [1.807, 2.05) is 37.3 Å². The maximum atomic E-state index is 11.1. The number of benzene rings is 2. The number of thiophene rings is 1. The number of aliphatic hydroxyl groups excluding tert-OH is 1. The number of aryl methyl sites for hydroxylation is 1. The average Bonchev–Trinajstić information content (AvgIpc) is 3.22. The molecule has 0 fully saturated rings. The number of rotatable bonds is 4. The number of nitrogens with zero attached hydrogens (tertiary/aromatic N) is 3. The fraction of sp³-hybridized carbons (Fsp3) is 0.250. The number of ether oxygens (including phenoxy) is 2. The van der Waals surface area contributed by atoms with Crippen molar-refractivity contribution in [2.24, 2.45) is 0 Å². The SMILES string of the molecule is COc1ccc(OC)c2c1CN(c1nc(C)nc3scc(-c4ccccc4)c13)CC2O. The third-order valence-corrected chi connectivity index (χ3v) is 6.57. The molecule has 0 saturated heterocycles. The summed E-state index contributed by atoms with van der Waals surface area (Å²) < 4.78 is 11.1. The molecule has 1 unspecified atom stereocenters. The van der Waals surface area contributed by atoms with Gasteiger partial charge >= 0.3 is 0 Å². The van der Waals surface area contributed by atoms with E-state index in [4.69, 9.17) is 14.5 Å². The van der Waals surface area contributed by atoms with Gasteiger partial charge in [0.05, 0.1) is 26.2 Å². The largest absolute Gasteiger partial charge is 0.496 e.